The van der Waals surface area contributed by atoms with Crippen LogP contribution < -0.4 is 9.47 Å². The second-order valence-corrected chi connectivity index (χ2v) is 8.41. The summed E-state index contributed by atoms with van der Waals surface area (Å²) in [6, 6.07) is 13.2. The molecule has 1 aliphatic rings. The van der Waals surface area contributed by atoms with Gasteiger partial charge in [0.15, 0.2) is 11.5 Å². The van der Waals surface area contributed by atoms with Crippen LogP contribution in [0.5, 0.6) is 11.5 Å². The lowest BCUT2D eigenvalue weighted by molar-refractivity contribution is -0.129. The molecule has 3 aromatic rings. The van der Waals surface area contributed by atoms with Crippen molar-refractivity contribution in [3.05, 3.63) is 71.2 Å². The van der Waals surface area contributed by atoms with Crippen LogP contribution in [0.1, 0.15) is 28.6 Å². The van der Waals surface area contributed by atoms with Crippen LogP contribution >= 0.6 is 0 Å². The van der Waals surface area contributed by atoms with E-state index < -0.39 is 23.5 Å². The first-order chi connectivity index (χ1) is 16.3. The maximum Gasteiger partial charge on any atom is 0.290 e. The Hall–Kier alpha value is -3.78. The van der Waals surface area contributed by atoms with Gasteiger partial charge in [-0.2, -0.15) is 0 Å². The summed E-state index contributed by atoms with van der Waals surface area (Å²) in [7, 11) is 6.95. The first-order valence-electron chi connectivity index (χ1n) is 11.0. The third-order valence-corrected chi connectivity index (χ3v) is 5.94. The van der Waals surface area contributed by atoms with E-state index in [4.69, 9.17) is 13.9 Å². The summed E-state index contributed by atoms with van der Waals surface area (Å²) in [6.45, 7) is 1.09. The quantitative estimate of drug-likeness (QED) is 0.479. The van der Waals surface area contributed by atoms with Gasteiger partial charge in [-0.25, -0.2) is 0 Å². The SMILES string of the molecule is COc1ccc(C2C(C(=O)c3cc4ccccc4o3)=C(O)C(=O)N2CCCN(C)C)c(OC)c1. The fraction of sp³-hybridized carbons (Fsp3) is 0.308. The molecule has 0 saturated heterocycles. The summed E-state index contributed by atoms with van der Waals surface area (Å²) in [5.41, 5.74) is 1.10. The van der Waals surface area contributed by atoms with Crippen molar-refractivity contribution in [3.63, 3.8) is 0 Å². The van der Waals surface area contributed by atoms with Crippen molar-refractivity contribution in [2.75, 3.05) is 41.4 Å². The zero-order valence-electron chi connectivity index (χ0n) is 19.7. The van der Waals surface area contributed by atoms with Gasteiger partial charge in [0.2, 0.25) is 5.78 Å². The third-order valence-electron chi connectivity index (χ3n) is 5.94. The topological polar surface area (TPSA) is 92.5 Å². The monoisotopic (exact) mass is 464 g/mol. The summed E-state index contributed by atoms with van der Waals surface area (Å²) in [6.07, 6.45) is 0.660. The van der Waals surface area contributed by atoms with Gasteiger partial charge >= 0.3 is 0 Å². The molecule has 2 heterocycles. The lowest BCUT2D eigenvalue weighted by Gasteiger charge is -2.28. The van der Waals surface area contributed by atoms with Gasteiger partial charge in [-0.1, -0.05) is 18.2 Å². The Labute approximate surface area is 198 Å². The molecule has 0 radical (unpaired) electrons. The van der Waals surface area contributed by atoms with Crippen LogP contribution in [-0.2, 0) is 4.79 Å². The van der Waals surface area contributed by atoms with E-state index in [0.29, 0.717) is 35.6 Å². The molecule has 1 aliphatic heterocycles. The summed E-state index contributed by atoms with van der Waals surface area (Å²) in [4.78, 5) is 30.3. The van der Waals surface area contributed by atoms with Gasteiger partial charge in [-0.05, 0) is 51.3 Å². The number of amides is 1. The molecule has 2 aromatic carbocycles. The van der Waals surface area contributed by atoms with E-state index in [-0.39, 0.29) is 11.3 Å². The van der Waals surface area contributed by atoms with Crippen LogP contribution in [-0.4, -0.2) is 68.0 Å². The molecule has 1 N–H and O–H groups in total. The molecule has 178 valence electrons. The fourth-order valence-electron chi connectivity index (χ4n) is 4.27. The molecule has 0 saturated carbocycles. The van der Waals surface area contributed by atoms with E-state index in [0.717, 1.165) is 11.9 Å². The lowest BCUT2D eigenvalue weighted by atomic mass is 9.94. The number of para-hydroxylation sites is 1. The van der Waals surface area contributed by atoms with Gasteiger partial charge in [-0.3, -0.25) is 9.59 Å². The van der Waals surface area contributed by atoms with E-state index in [1.165, 1.54) is 12.0 Å². The van der Waals surface area contributed by atoms with Crippen molar-refractivity contribution in [1.29, 1.82) is 0 Å². The van der Waals surface area contributed by atoms with Gasteiger partial charge in [0, 0.05) is 23.6 Å². The number of nitrogens with zero attached hydrogens (tertiary/aromatic N) is 2. The summed E-state index contributed by atoms with van der Waals surface area (Å²) < 4.78 is 16.6. The van der Waals surface area contributed by atoms with Crippen LogP contribution in [0.4, 0.5) is 0 Å². The second kappa shape index (κ2) is 9.61. The van der Waals surface area contributed by atoms with Crippen LogP contribution in [0.3, 0.4) is 0 Å². The minimum Gasteiger partial charge on any atom is -0.503 e. The molecule has 0 spiro atoms. The second-order valence-electron chi connectivity index (χ2n) is 8.41. The van der Waals surface area contributed by atoms with Crippen molar-refractivity contribution >= 4 is 22.7 Å². The molecule has 1 unspecified atom stereocenters. The fourth-order valence-corrected chi connectivity index (χ4v) is 4.27. The van der Waals surface area contributed by atoms with E-state index in [1.54, 1.807) is 37.4 Å². The molecule has 1 aromatic heterocycles. The highest BCUT2D eigenvalue weighted by atomic mass is 16.5. The molecule has 0 bridgehead atoms. The molecular formula is C26H28N2O6. The van der Waals surface area contributed by atoms with Gasteiger partial charge in [0.05, 0.1) is 25.8 Å². The zero-order valence-corrected chi connectivity index (χ0v) is 19.7. The Kier molecular flexibility index (Phi) is 6.61. The summed E-state index contributed by atoms with van der Waals surface area (Å²) >= 11 is 0. The molecule has 1 amide bonds. The van der Waals surface area contributed by atoms with Crippen LogP contribution in [0.15, 0.2) is 64.3 Å². The van der Waals surface area contributed by atoms with Crippen molar-refractivity contribution in [2.45, 2.75) is 12.5 Å². The largest absolute Gasteiger partial charge is 0.503 e. The molecule has 0 aliphatic carbocycles. The van der Waals surface area contributed by atoms with Crippen molar-refractivity contribution in [3.8, 4) is 11.5 Å². The number of aliphatic hydroxyl groups is 1. The van der Waals surface area contributed by atoms with E-state index in [9.17, 15) is 14.7 Å². The Morgan fingerprint density at radius 1 is 1.12 bits per heavy atom. The van der Waals surface area contributed by atoms with Gasteiger partial charge in [0.1, 0.15) is 17.1 Å². The maximum atomic E-state index is 13.6. The standard InChI is InChI=1S/C26H28N2O6/c1-27(2)12-7-13-28-23(18-11-10-17(32-3)15-20(18)33-4)22(25(30)26(28)31)24(29)21-14-16-8-5-6-9-19(16)34-21/h5-6,8-11,14-15,23,30H,7,12-13H2,1-4H3. The average molecular weight is 465 g/mol. The number of fused-ring (bicyclic) bond motifs is 1. The number of benzene rings is 2. The highest BCUT2D eigenvalue weighted by Crippen LogP contribution is 2.43. The number of rotatable bonds is 9. The molecule has 0 fully saturated rings. The maximum absolute atomic E-state index is 13.6. The molecule has 34 heavy (non-hydrogen) atoms. The minimum absolute atomic E-state index is 0.0302. The molecule has 8 heteroatoms. The number of ketones is 1. The van der Waals surface area contributed by atoms with E-state index in [2.05, 4.69) is 0 Å². The highest BCUT2D eigenvalue weighted by Gasteiger charge is 2.45. The van der Waals surface area contributed by atoms with Gasteiger partial charge in [-0.15, -0.1) is 0 Å². The zero-order chi connectivity index (χ0) is 24.4. The molecule has 8 nitrogen and oxygen atoms in total. The average Bonchev–Trinajstić information content (AvgIpc) is 3.38. The normalized spacial score (nSPS) is 16.1. The van der Waals surface area contributed by atoms with Crippen LogP contribution in [0, 0.1) is 0 Å². The van der Waals surface area contributed by atoms with Gasteiger partial charge in [0.25, 0.3) is 5.91 Å². The minimum atomic E-state index is -0.837. The number of carbonyl (C=O) groups excluding carboxylic acids is 2. The van der Waals surface area contributed by atoms with E-state index >= 15 is 0 Å². The first kappa shape index (κ1) is 23.4. The number of hydrogen-bond acceptors (Lipinski definition) is 7. The smallest absolute Gasteiger partial charge is 0.290 e. The number of furan rings is 1. The predicted octanol–water partition coefficient (Wildman–Crippen LogP) is 3.98. The number of methoxy groups -OCH3 is 2. The van der Waals surface area contributed by atoms with Gasteiger partial charge < -0.3 is 28.8 Å². The van der Waals surface area contributed by atoms with E-state index in [1.807, 2.05) is 37.2 Å². The third kappa shape index (κ3) is 4.24. The number of hydrogen-bond donors (Lipinski definition) is 1. The Bertz CT molecular complexity index is 1230. The lowest BCUT2D eigenvalue weighted by Crippen LogP contribution is -2.33. The summed E-state index contributed by atoms with van der Waals surface area (Å²) in [5.74, 6) is -0.635. The number of Topliss-reactive ketones (excluding diaryl/α,β-unsaturated/α-hetero) is 1. The van der Waals surface area contributed by atoms with Crippen LogP contribution in [0.25, 0.3) is 11.0 Å². The Morgan fingerprint density at radius 3 is 2.56 bits per heavy atom. The highest BCUT2D eigenvalue weighted by molar-refractivity contribution is 6.16. The molecule has 4 rings (SSSR count). The van der Waals surface area contributed by atoms with Crippen molar-refractivity contribution < 1.29 is 28.6 Å². The number of ether oxygens (including phenoxy) is 2. The summed E-state index contributed by atoms with van der Waals surface area (Å²) in [5, 5.41) is 11.6. The molecular weight excluding hydrogens is 436 g/mol. The number of aliphatic hydroxyl groups excluding tert-OH is 1. The first-order valence-corrected chi connectivity index (χ1v) is 11.0. The Morgan fingerprint density at radius 2 is 1.88 bits per heavy atom. The Balaban J connectivity index is 1.80. The molecule has 1 atom stereocenters. The number of carbonyl (C=O) groups is 2. The van der Waals surface area contributed by atoms with Crippen molar-refractivity contribution in [1.82, 2.24) is 9.80 Å². The van der Waals surface area contributed by atoms with Crippen LogP contribution in [0.2, 0.25) is 0 Å². The van der Waals surface area contributed by atoms with Crippen molar-refractivity contribution in [2.24, 2.45) is 0 Å². The predicted molar refractivity (Wildman–Crippen MR) is 127 cm³/mol.